The maximum Gasteiger partial charge on any atom is 0.265 e. The molecule has 0 atom stereocenters. The quantitative estimate of drug-likeness (QED) is 0.779. The van der Waals surface area contributed by atoms with E-state index in [1.807, 2.05) is 25.2 Å². The summed E-state index contributed by atoms with van der Waals surface area (Å²) in [6.07, 6.45) is 0. The lowest BCUT2D eigenvalue weighted by Gasteiger charge is -2.29. The molecule has 1 heterocycles. The number of benzene rings is 1. The van der Waals surface area contributed by atoms with Crippen molar-refractivity contribution in [2.45, 2.75) is 6.54 Å². The third-order valence-electron chi connectivity index (χ3n) is 2.67. The van der Waals surface area contributed by atoms with Crippen molar-refractivity contribution < 1.29 is 14.6 Å². The number of carbonyl (C=O) groups is 1. The Morgan fingerprint density at radius 2 is 2.35 bits per heavy atom. The zero-order chi connectivity index (χ0) is 12.3. The van der Waals surface area contributed by atoms with Gasteiger partial charge in [-0.25, -0.2) is 0 Å². The number of nitrogens with one attached hydrogen (secondary N) is 1. The molecule has 2 N–H and O–H groups in total. The second-order valence-corrected chi connectivity index (χ2v) is 3.89. The van der Waals surface area contributed by atoms with Crippen molar-refractivity contribution in [3.63, 3.8) is 0 Å². The van der Waals surface area contributed by atoms with Crippen molar-refractivity contribution in [3.8, 4) is 5.75 Å². The van der Waals surface area contributed by atoms with Gasteiger partial charge in [0, 0.05) is 13.1 Å². The first-order valence-corrected chi connectivity index (χ1v) is 5.58. The van der Waals surface area contributed by atoms with E-state index in [1.54, 1.807) is 4.90 Å². The fraction of sp³-hybridized carbons (Fsp3) is 0.417. The van der Waals surface area contributed by atoms with Crippen LogP contribution in [-0.4, -0.2) is 37.8 Å². The maximum atomic E-state index is 11.7. The van der Waals surface area contributed by atoms with Gasteiger partial charge in [0.1, 0.15) is 5.75 Å². The Morgan fingerprint density at radius 3 is 3.06 bits per heavy atom. The van der Waals surface area contributed by atoms with E-state index in [4.69, 9.17) is 9.84 Å². The third kappa shape index (κ3) is 2.40. The molecular weight excluding hydrogens is 220 g/mol. The van der Waals surface area contributed by atoms with E-state index in [9.17, 15) is 4.79 Å². The average molecular weight is 236 g/mol. The van der Waals surface area contributed by atoms with E-state index < -0.39 is 0 Å². The van der Waals surface area contributed by atoms with Crippen LogP contribution in [0.1, 0.15) is 5.56 Å². The van der Waals surface area contributed by atoms with Gasteiger partial charge in [-0.15, -0.1) is 0 Å². The van der Waals surface area contributed by atoms with Crippen LogP contribution in [0, 0.1) is 0 Å². The van der Waals surface area contributed by atoms with Crippen LogP contribution in [0.3, 0.4) is 0 Å². The molecule has 0 bridgehead atoms. The summed E-state index contributed by atoms with van der Waals surface area (Å²) in [7, 11) is 1.87. The number of hydrogen-bond acceptors (Lipinski definition) is 4. The fourth-order valence-electron chi connectivity index (χ4n) is 1.91. The van der Waals surface area contributed by atoms with Gasteiger partial charge >= 0.3 is 0 Å². The van der Waals surface area contributed by atoms with Crippen molar-refractivity contribution in [1.82, 2.24) is 5.32 Å². The Bertz CT molecular complexity index is 420. The number of amides is 1. The summed E-state index contributed by atoms with van der Waals surface area (Å²) in [6, 6.07) is 5.74. The zero-order valence-corrected chi connectivity index (χ0v) is 9.77. The number of ether oxygens (including phenoxy) is 1. The number of rotatable bonds is 4. The molecule has 17 heavy (non-hydrogen) atoms. The summed E-state index contributed by atoms with van der Waals surface area (Å²) in [6.45, 7) is 1.02. The van der Waals surface area contributed by atoms with Gasteiger partial charge in [0.25, 0.3) is 5.91 Å². The first-order valence-electron chi connectivity index (χ1n) is 5.58. The van der Waals surface area contributed by atoms with Gasteiger partial charge in [0.2, 0.25) is 0 Å². The van der Waals surface area contributed by atoms with E-state index in [2.05, 4.69) is 5.32 Å². The minimum atomic E-state index is -0.117. The number of carbonyl (C=O) groups excluding carboxylic acids is 1. The first kappa shape index (κ1) is 11.9. The highest BCUT2D eigenvalue weighted by Gasteiger charge is 2.24. The van der Waals surface area contributed by atoms with Crippen molar-refractivity contribution in [3.05, 3.63) is 23.8 Å². The SMILES string of the molecule is CNCc1ccc2c(c1)N(CCO)C(=O)CO2. The Balaban J connectivity index is 2.34. The summed E-state index contributed by atoms with van der Waals surface area (Å²) < 4.78 is 5.35. The summed E-state index contributed by atoms with van der Waals surface area (Å²) in [4.78, 5) is 13.3. The van der Waals surface area contributed by atoms with Crippen LogP contribution in [0.5, 0.6) is 5.75 Å². The molecule has 1 aliphatic heterocycles. The Morgan fingerprint density at radius 1 is 1.53 bits per heavy atom. The lowest BCUT2D eigenvalue weighted by Crippen LogP contribution is -2.40. The standard InChI is InChI=1S/C12H16N2O3/c1-13-7-9-2-3-11-10(6-9)14(4-5-15)12(16)8-17-11/h2-3,6,13,15H,4-5,7-8H2,1H3. The maximum absolute atomic E-state index is 11.7. The van der Waals surface area contributed by atoms with Crippen molar-refractivity contribution in [1.29, 1.82) is 0 Å². The van der Waals surface area contributed by atoms with Gasteiger partial charge in [-0.3, -0.25) is 4.79 Å². The predicted molar refractivity (Wildman–Crippen MR) is 64.1 cm³/mol. The first-order chi connectivity index (χ1) is 8.26. The highest BCUT2D eigenvalue weighted by molar-refractivity contribution is 5.97. The largest absolute Gasteiger partial charge is 0.482 e. The van der Waals surface area contributed by atoms with E-state index >= 15 is 0 Å². The summed E-state index contributed by atoms with van der Waals surface area (Å²) in [5.41, 5.74) is 1.82. The van der Waals surface area contributed by atoms with E-state index in [0.717, 1.165) is 17.8 Å². The van der Waals surface area contributed by atoms with Gasteiger partial charge in [0.05, 0.1) is 12.3 Å². The van der Waals surface area contributed by atoms with Crippen LogP contribution in [-0.2, 0) is 11.3 Å². The molecule has 1 amide bonds. The van der Waals surface area contributed by atoms with Crippen LogP contribution in [0.15, 0.2) is 18.2 Å². The Labute approximate surface area is 100.0 Å². The molecule has 0 saturated carbocycles. The smallest absolute Gasteiger partial charge is 0.265 e. The van der Waals surface area contributed by atoms with Gasteiger partial charge < -0.3 is 20.1 Å². The molecule has 1 aromatic carbocycles. The fourth-order valence-corrected chi connectivity index (χ4v) is 1.91. The molecule has 0 aliphatic carbocycles. The molecule has 1 aliphatic rings. The molecule has 0 unspecified atom stereocenters. The van der Waals surface area contributed by atoms with Gasteiger partial charge in [-0.2, -0.15) is 0 Å². The van der Waals surface area contributed by atoms with Crippen molar-refractivity contribution in [2.24, 2.45) is 0 Å². The number of aliphatic hydroxyl groups is 1. The Kier molecular flexibility index (Phi) is 3.61. The minimum absolute atomic E-state index is 0.0401. The van der Waals surface area contributed by atoms with E-state index in [-0.39, 0.29) is 19.1 Å². The lowest BCUT2D eigenvalue weighted by molar-refractivity contribution is -0.121. The molecule has 1 aromatic rings. The molecule has 5 heteroatoms. The number of aliphatic hydroxyl groups excluding tert-OH is 1. The van der Waals surface area contributed by atoms with Crippen molar-refractivity contribution >= 4 is 11.6 Å². The number of hydrogen-bond donors (Lipinski definition) is 2. The molecule has 0 fully saturated rings. The number of nitrogens with zero attached hydrogens (tertiary/aromatic N) is 1. The summed E-state index contributed by atoms with van der Waals surface area (Å²) >= 11 is 0. The summed E-state index contributed by atoms with van der Waals surface area (Å²) in [5, 5.41) is 12.0. The van der Waals surface area contributed by atoms with Crippen molar-refractivity contribution in [2.75, 3.05) is 31.7 Å². The van der Waals surface area contributed by atoms with Crippen LogP contribution >= 0.6 is 0 Å². The highest BCUT2D eigenvalue weighted by Crippen LogP contribution is 2.32. The highest BCUT2D eigenvalue weighted by atomic mass is 16.5. The van der Waals surface area contributed by atoms with Crippen LogP contribution < -0.4 is 15.0 Å². The number of anilines is 1. The number of β-amino-alcohol motifs (C(OH)–C–C–N with tert-alkyl or cyclic N) is 1. The van der Waals surface area contributed by atoms with Crippen LogP contribution in [0.4, 0.5) is 5.69 Å². The predicted octanol–water partition coefficient (Wildman–Crippen LogP) is 0.124. The topological polar surface area (TPSA) is 61.8 Å². The third-order valence-corrected chi connectivity index (χ3v) is 2.67. The van der Waals surface area contributed by atoms with Gasteiger partial charge in [-0.05, 0) is 24.7 Å². The molecule has 0 aromatic heterocycles. The summed E-state index contributed by atoms with van der Waals surface area (Å²) in [5.74, 6) is 0.575. The second kappa shape index (κ2) is 5.16. The monoisotopic (exact) mass is 236 g/mol. The number of fused-ring (bicyclic) bond motifs is 1. The molecule has 2 rings (SSSR count). The van der Waals surface area contributed by atoms with E-state index in [1.165, 1.54) is 0 Å². The molecule has 0 spiro atoms. The van der Waals surface area contributed by atoms with Gasteiger partial charge in [-0.1, -0.05) is 6.07 Å². The minimum Gasteiger partial charge on any atom is -0.482 e. The Hall–Kier alpha value is -1.59. The zero-order valence-electron chi connectivity index (χ0n) is 9.77. The molecule has 5 nitrogen and oxygen atoms in total. The average Bonchev–Trinajstić information content (AvgIpc) is 2.33. The van der Waals surface area contributed by atoms with E-state index in [0.29, 0.717) is 12.3 Å². The second-order valence-electron chi connectivity index (χ2n) is 3.89. The normalized spacial score (nSPS) is 14.5. The lowest BCUT2D eigenvalue weighted by atomic mass is 10.1. The van der Waals surface area contributed by atoms with Gasteiger partial charge in [0.15, 0.2) is 6.61 Å². The van der Waals surface area contributed by atoms with Crippen LogP contribution in [0.2, 0.25) is 0 Å². The molecule has 0 saturated heterocycles. The molecule has 92 valence electrons. The van der Waals surface area contributed by atoms with Crippen LogP contribution in [0.25, 0.3) is 0 Å². The molecule has 0 radical (unpaired) electrons. The molecular formula is C12H16N2O3.